The molecule has 0 saturated heterocycles. The first-order valence-electron chi connectivity index (χ1n) is 6.41. The number of thioether (sulfide) groups is 1. The fraction of sp³-hybridized carbons (Fsp3) is 0.667. The van der Waals surface area contributed by atoms with Crippen molar-refractivity contribution in [3.8, 4) is 0 Å². The van der Waals surface area contributed by atoms with E-state index in [9.17, 15) is 8.42 Å². The molecule has 1 atom stereocenters. The Hall–Kier alpha value is -0.500. The molecule has 0 aromatic carbocycles. The Morgan fingerprint density at radius 2 is 2.26 bits per heavy atom. The molecule has 1 aliphatic carbocycles. The zero-order chi connectivity index (χ0) is 14.0. The van der Waals surface area contributed by atoms with Gasteiger partial charge in [-0.1, -0.05) is 6.92 Å². The first kappa shape index (κ1) is 14.9. The molecule has 0 radical (unpaired) electrons. The van der Waals surface area contributed by atoms with Gasteiger partial charge in [-0.05, 0) is 25.2 Å². The highest BCUT2D eigenvalue weighted by Gasteiger charge is 2.27. The Morgan fingerprint density at radius 3 is 2.79 bits per heavy atom. The van der Waals surface area contributed by atoms with Crippen molar-refractivity contribution in [2.75, 3.05) is 12.8 Å². The molecule has 0 amide bonds. The molecule has 0 bridgehead atoms. The summed E-state index contributed by atoms with van der Waals surface area (Å²) in [5.74, 6) is 0. The van der Waals surface area contributed by atoms with Crippen molar-refractivity contribution < 1.29 is 8.42 Å². The lowest BCUT2D eigenvalue weighted by Crippen LogP contribution is -2.29. The van der Waals surface area contributed by atoms with Crippen molar-refractivity contribution in [3.05, 3.63) is 18.0 Å². The SMILES string of the molecule is CSC(C)CNS(=O)(=O)c1cc(CN)n(C2CC2)c1. The second kappa shape index (κ2) is 5.87. The van der Waals surface area contributed by atoms with Crippen molar-refractivity contribution in [1.82, 2.24) is 9.29 Å². The summed E-state index contributed by atoms with van der Waals surface area (Å²) < 4.78 is 29.1. The van der Waals surface area contributed by atoms with E-state index in [-0.39, 0.29) is 5.25 Å². The molecule has 1 heterocycles. The highest BCUT2D eigenvalue weighted by Crippen LogP contribution is 2.37. The summed E-state index contributed by atoms with van der Waals surface area (Å²) in [7, 11) is -3.42. The highest BCUT2D eigenvalue weighted by atomic mass is 32.2. The van der Waals surface area contributed by atoms with Crippen LogP contribution >= 0.6 is 11.8 Å². The average Bonchev–Trinajstić information content (AvgIpc) is 3.14. The topological polar surface area (TPSA) is 77.1 Å². The number of hydrogen-bond acceptors (Lipinski definition) is 4. The normalized spacial score (nSPS) is 17.6. The van der Waals surface area contributed by atoms with Gasteiger partial charge in [-0.2, -0.15) is 11.8 Å². The van der Waals surface area contributed by atoms with Crippen LogP contribution in [-0.2, 0) is 16.6 Å². The summed E-state index contributed by atoms with van der Waals surface area (Å²) in [6, 6.07) is 2.12. The van der Waals surface area contributed by atoms with Crippen LogP contribution in [0.4, 0.5) is 0 Å². The molecule has 1 unspecified atom stereocenters. The van der Waals surface area contributed by atoms with Crippen molar-refractivity contribution in [2.24, 2.45) is 5.73 Å². The third-order valence-corrected chi connectivity index (χ3v) is 5.69. The largest absolute Gasteiger partial charge is 0.346 e. The smallest absolute Gasteiger partial charge is 0.242 e. The summed E-state index contributed by atoms with van der Waals surface area (Å²) in [5.41, 5.74) is 6.57. The molecule has 0 aliphatic heterocycles. The number of sulfonamides is 1. The van der Waals surface area contributed by atoms with Crippen LogP contribution in [0.25, 0.3) is 0 Å². The maximum atomic E-state index is 12.2. The number of nitrogens with zero attached hydrogens (tertiary/aromatic N) is 1. The van der Waals surface area contributed by atoms with E-state index >= 15 is 0 Å². The minimum atomic E-state index is -3.42. The van der Waals surface area contributed by atoms with Gasteiger partial charge in [0.25, 0.3) is 0 Å². The second-order valence-electron chi connectivity index (χ2n) is 4.91. The lowest BCUT2D eigenvalue weighted by atomic mass is 10.4. The molecular formula is C12H21N3O2S2. The van der Waals surface area contributed by atoms with Gasteiger partial charge in [0.1, 0.15) is 0 Å². The van der Waals surface area contributed by atoms with Gasteiger partial charge in [0, 0.05) is 36.3 Å². The molecule has 1 saturated carbocycles. The first-order valence-corrected chi connectivity index (χ1v) is 9.18. The second-order valence-corrected chi connectivity index (χ2v) is 7.95. The van der Waals surface area contributed by atoms with Crippen LogP contribution in [0.1, 0.15) is 31.5 Å². The Bertz CT molecular complexity index is 535. The van der Waals surface area contributed by atoms with Gasteiger partial charge in [0.2, 0.25) is 10.0 Å². The Kier molecular flexibility index (Phi) is 4.60. The van der Waals surface area contributed by atoms with E-state index < -0.39 is 10.0 Å². The number of aromatic nitrogens is 1. The number of hydrogen-bond donors (Lipinski definition) is 2. The number of nitrogens with two attached hydrogens (primary N) is 1. The first-order chi connectivity index (χ1) is 8.97. The van der Waals surface area contributed by atoms with Crippen molar-refractivity contribution in [2.45, 2.75) is 42.5 Å². The summed E-state index contributed by atoms with van der Waals surface area (Å²) in [6.45, 7) is 2.80. The van der Waals surface area contributed by atoms with E-state index in [1.54, 1.807) is 24.0 Å². The van der Waals surface area contributed by atoms with Crippen LogP contribution in [0.3, 0.4) is 0 Å². The van der Waals surface area contributed by atoms with E-state index in [4.69, 9.17) is 5.73 Å². The monoisotopic (exact) mass is 303 g/mol. The molecule has 3 N–H and O–H groups in total. The summed E-state index contributed by atoms with van der Waals surface area (Å²) in [6.07, 6.45) is 5.90. The molecule has 108 valence electrons. The van der Waals surface area contributed by atoms with Gasteiger partial charge in [0.15, 0.2) is 0 Å². The van der Waals surface area contributed by atoms with E-state index in [1.165, 1.54) is 0 Å². The third-order valence-electron chi connectivity index (χ3n) is 3.33. The van der Waals surface area contributed by atoms with E-state index in [0.717, 1.165) is 18.5 Å². The summed E-state index contributed by atoms with van der Waals surface area (Å²) in [5, 5.41) is 0.259. The Balaban J connectivity index is 2.15. The fourth-order valence-corrected chi connectivity index (χ4v) is 3.43. The molecule has 0 spiro atoms. The minimum Gasteiger partial charge on any atom is -0.346 e. The third kappa shape index (κ3) is 3.53. The maximum absolute atomic E-state index is 12.2. The molecule has 2 rings (SSSR count). The highest BCUT2D eigenvalue weighted by molar-refractivity contribution is 7.99. The van der Waals surface area contributed by atoms with Gasteiger partial charge >= 0.3 is 0 Å². The summed E-state index contributed by atoms with van der Waals surface area (Å²) in [4.78, 5) is 0.327. The van der Waals surface area contributed by atoms with Gasteiger partial charge in [-0.3, -0.25) is 0 Å². The average molecular weight is 303 g/mol. The molecule has 1 aromatic rings. The van der Waals surface area contributed by atoms with Crippen LogP contribution in [0, 0.1) is 0 Å². The van der Waals surface area contributed by atoms with E-state index in [1.807, 2.05) is 17.7 Å². The minimum absolute atomic E-state index is 0.259. The van der Waals surface area contributed by atoms with E-state index in [0.29, 0.717) is 24.0 Å². The number of rotatable bonds is 7. The predicted molar refractivity (Wildman–Crippen MR) is 78.8 cm³/mol. The van der Waals surface area contributed by atoms with Crippen LogP contribution in [0.15, 0.2) is 17.2 Å². The van der Waals surface area contributed by atoms with Crippen molar-refractivity contribution in [3.63, 3.8) is 0 Å². The Morgan fingerprint density at radius 1 is 1.58 bits per heavy atom. The standard InChI is InChI=1S/C12H21N3O2S2/c1-9(18-2)7-14-19(16,17)12-5-11(6-13)15(8-12)10-3-4-10/h5,8-10,14H,3-4,6-7,13H2,1-2H3. The van der Waals surface area contributed by atoms with Crippen LogP contribution in [0.5, 0.6) is 0 Å². The molecule has 1 fully saturated rings. The van der Waals surface area contributed by atoms with Crippen LogP contribution in [-0.4, -0.2) is 31.0 Å². The lowest BCUT2D eigenvalue weighted by molar-refractivity contribution is 0.581. The quantitative estimate of drug-likeness (QED) is 0.796. The zero-order valence-electron chi connectivity index (χ0n) is 11.3. The predicted octanol–water partition coefficient (Wildman–Crippen LogP) is 1.31. The summed E-state index contributed by atoms with van der Waals surface area (Å²) >= 11 is 1.64. The molecule has 7 heteroatoms. The molecule has 1 aromatic heterocycles. The molecular weight excluding hydrogens is 282 g/mol. The fourth-order valence-electron chi connectivity index (χ4n) is 1.89. The maximum Gasteiger partial charge on any atom is 0.242 e. The molecule has 1 aliphatic rings. The van der Waals surface area contributed by atoms with Gasteiger partial charge < -0.3 is 10.3 Å². The molecule has 19 heavy (non-hydrogen) atoms. The number of nitrogens with one attached hydrogen (secondary N) is 1. The molecule has 5 nitrogen and oxygen atoms in total. The van der Waals surface area contributed by atoms with Crippen molar-refractivity contribution in [1.29, 1.82) is 0 Å². The van der Waals surface area contributed by atoms with Crippen LogP contribution < -0.4 is 10.5 Å². The lowest BCUT2D eigenvalue weighted by Gasteiger charge is -2.09. The van der Waals surface area contributed by atoms with Gasteiger partial charge in [-0.25, -0.2) is 13.1 Å². The van der Waals surface area contributed by atoms with Crippen molar-refractivity contribution >= 4 is 21.8 Å². The van der Waals surface area contributed by atoms with Crippen LogP contribution in [0.2, 0.25) is 0 Å². The Labute approximate surface area is 119 Å². The van der Waals surface area contributed by atoms with Gasteiger partial charge in [-0.15, -0.1) is 0 Å². The van der Waals surface area contributed by atoms with E-state index in [2.05, 4.69) is 4.72 Å². The zero-order valence-corrected chi connectivity index (χ0v) is 12.9. The van der Waals surface area contributed by atoms with Gasteiger partial charge in [0.05, 0.1) is 4.90 Å².